The molecule has 6 heteroatoms. The zero-order valence-corrected chi connectivity index (χ0v) is 10.5. The molecule has 0 aliphatic heterocycles. The van der Waals surface area contributed by atoms with Crippen LogP contribution in [0.1, 0.15) is 21.7 Å². The monoisotopic (exact) mass is 276 g/mol. The van der Waals surface area contributed by atoms with Crippen molar-refractivity contribution in [3.05, 3.63) is 51.7 Å². The van der Waals surface area contributed by atoms with Crippen molar-refractivity contribution in [2.45, 2.75) is 6.42 Å². The Hall–Kier alpha value is -2.21. The van der Waals surface area contributed by atoms with E-state index in [0.29, 0.717) is 23.3 Å². The van der Waals surface area contributed by atoms with E-state index >= 15 is 0 Å². The Balaban J connectivity index is 2.09. The molecule has 0 amide bonds. The number of fused-ring (bicyclic) bond motifs is 1. The van der Waals surface area contributed by atoms with Crippen LogP contribution in [0.4, 0.5) is 4.39 Å². The lowest BCUT2D eigenvalue weighted by Crippen LogP contribution is -1.98. The van der Waals surface area contributed by atoms with Gasteiger partial charge >= 0.3 is 5.97 Å². The summed E-state index contributed by atoms with van der Waals surface area (Å²) >= 11 is 1.58. The molecule has 0 aliphatic rings. The molecular weight excluding hydrogens is 267 g/mol. The third-order valence-corrected chi connectivity index (χ3v) is 3.51. The van der Waals surface area contributed by atoms with Gasteiger partial charge < -0.3 is 10.1 Å². The quantitative estimate of drug-likeness (QED) is 0.772. The van der Waals surface area contributed by atoms with Gasteiger partial charge in [-0.05, 0) is 34.5 Å². The van der Waals surface area contributed by atoms with Gasteiger partial charge in [0.25, 0.3) is 0 Å². The van der Waals surface area contributed by atoms with Crippen LogP contribution in [0, 0.1) is 5.82 Å². The zero-order valence-electron chi connectivity index (χ0n) is 9.68. The van der Waals surface area contributed by atoms with Crippen molar-refractivity contribution in [3.63, 3.8) is 0 Å². The summed E-state index contributed by atoms with van der Waals surface area (Å²) in [5.74, 6) is -1.14. The SMILES string of the molecule is O=C(O)c1cc(F)cc2[nH]c(Cc3ccsc3)nc12. The fourth-order valence-corrected chi connectivity index (χ4v) is 2.64. The number of aromatic nitrogens is 2. The first-order valence-corrected chi connectivity index (χ1v) is 6.50. The average Bonchev–Trinajstić information content (AvgIpc) is 2.97. The smallest absolute Gasteiger partial charge is 0.338 e. The van der Waals surface area contributed by atoms with Gasteiger partial charge in [-0.1, -0.05) is 0 Å². The molecule has 3 rings (SSSR count). The van der Waals surface area contributed by atoms with Crippen molar-refractivity contribution in [1.82, 2.24) is 9.97 Å². The topological polar surface area (TPSA) is 66.0 Å². The van der Waals surface area contributed by atoms with Crippen LogP contribution in [0.5, 0.6) is 0 Å². The van der Waals surface area contributed by atoms with Gasteiger partial charge in [0.1, 0.15) is 17.2 Å². The van der Waals surface area contributed by atoms with Crippen molar-refractivity contribution < 1.29 is 14.3 Å². The van der Waals surface area contributed by atoms with Gasteiger partial charge in [0.05, 0.1) is 11.1 Å². The summed E-state index contributed by atoms with van der Waals surface area (Å²) in [6.45, 7) is 0. The summed E-state index contributed by atoms with van der Waals surface area (Å²) in [7, 11) is 0. The first kappa shape index (κ1) is 11.9. The fraction of sp³-hybridized carbons (Fsp3) is 0.0769. The van der Waals surface area contributed by atoms with Crippen LogP contribution < -0.4 is 0 Å². The molecule has 0 saturated carbocycles. The second-order valence-electron chi connectivity index (χ2n) is 4.15. The van der Waals surface area contributed by atoms with Crippen LogP contribution >= 0.6 is 11.3 Å². The fourth-order valence-electron chi connectivity index (χ4n) is 1.97. The van der Waals surface area contributed by atoms with E-state index in [1.807, 2.05) is 16.8 Å². The highest BCUT2D eigenvalue weighted by Gasteiger charge is 2.15. The molecular formula is C13H9FN2O2S. The standard InChI is InChI=1S/C13H9FN2O2S/c14-8-4-9(13(17)18)12-10(5-8)15-11(16-12)3-7-1-2-19-6-7/h1-2,4-6H,3H2,(H,15,16)(H,17,18). The van der Waals surface area contributed by atoms with Crippen LogP contribution in [-0.4, -0.2) is 21.0 Å². The molecule has 96 valence electrons. The van der Waals surface area contributed by atoms with Gasteiger partial charge in [0.15, 0.2) is 0 Å². The van der Waals surface area contributed by atoms with Crippen LogP contribution in [0.15, 0.2) is 29.0 Å². The first-order valence-electron chi connectivity index (χ1n) is 5.56. The number of nitrogens with zero attached hydrogens (tertiary/aromatic N) is 1. The van der Waals surface area contributed by atoms with E-state index in [1.165, 1.54) is 6.07 Å². The highest BCUT2D eigenvalue weighted by Crippen LogP contribution is 2.20. The maximum Gasteiger partial charge on any atom is 0.338 e. The molecule has 2 aromatic heterocycles. The maximum absolute atomic E-state index is 13.3. The Morgan fingerprint density at radius 1 is 1.47 bits per heavy atom. The van der Waals surface area contributed by atoms with Gasteiger partial charge in [-0.2, -0.15) is 11.3 Å². The van der Waals surface area contributed by atoms with Crippen molar-refractivity contribution in [1.29, 1.82) is 0 Å². The number of H-pyrrole nitrogens is 1. The molecule has 0 atom stereocenters. The molecule has 0 radical (unpaired) electrons. The number of thiophene rings is 1. The van der Waals surface area contributed by atoms with Crippen LogP contribution in [0.2, 0.25) is 0 Å². The zero-order chi connectivity index (χ0) is 13.4. The van der Waals surface area contributed by atoms with Gasteiger partial charge in [0.2, 0.25) is 0 Å². The Morgan fingerprint density at radius 2 is 2.32 bits per heavy atom. The van der Waals surface area contributed by atoms with Crippen molar-refractivity contribution >= 4 is 28.3 Å². The Kier molecular flexibility index (Phi) is 2.79. The Bertz CT molecular complexity index is 749. The van der Waals surface area contributed by atoms with Crippen LogP contribution in [-0.2, 0) is 6.42 Å². The lowest BCUT2D eigenvalue weighted by atomic mass is 10.2. The number of halogens is 1. The number of carbonyl (C=O) groups is 1. The van der Waals surface area contributed by atoms with E-state index < -0.39 is 11.8 Å². The van der Waals surface area contributed by atoms with Gasteiger partial charge in [0, 0.05) is 6.42 Å². The van der Waals surface area contributed by atoms with E-state index in [2.05, 4.69) is 9.97 Å². The number of benzene rings is 1. The number of nitrogens with one attached hydrogen (secondary N) is 1. The summed E-state index contributed by atoms with van der Waals surface area (Å²) in [6.07, 6.45) is 0.568. The molecule has 0 aliphatic carbocycles. The first-order chi connectivity index (χ1) is 9.13. The molecule has 0 unspecified atom stereocenters. The average molecular weight is 276 g/mol. The van der Waals surface area contributed by atoms with E-state index in [9.17, 15) is 9.18 Å². The number of rotatable bonds is 3. The van der Waals surface area contributed by atoms with E-state index in [1.54, 1.807) is 11.3 Å². The van der Waals surface area contributed by atoms with Crippen LogP contribution in [0.3, 0.4) is 0 Å². The van der Waals surface area contributed by atoms with E-state index in [-0.39, 0.29) is 5.56 Å². The van der Waals surface area contributed by atoms with Gasteiger partial charge in [-0.15, -0.1) is 0 Å². The summed E-state index contributed by atoms with van der Waals surface area (Å²) in [5.41, 5.74) is 1.66. The Labute approximate surface area is 111 Å². The highest BCUT2D eigenvalue weighted by atomic mass is 32.1. The summed E-state index contributed by atoms with van der Waals surface area (Å²) in [5, 5.41) is 13.0. The van der Waals surface area contributed by atoms with Gasteiger partial charge in [-0.3, -0.25) is 0 Å². The number of aromatic carboxylic acids is 1. The molecule has 0 spiro atoms. The minimum absolute atomic E-state index is 0.122. The maximum atomic E-state index is 13.3. The molecule has 0 saturated heterocycles. The minimum atomic E-state index is -1.18. The molecule has 4 nitrogen and oxygen atoms in total. The molecule has 2 N–H and O–H groups in total. The van der Waals surface area contributed by atoms with Crippen molar-refractivity contribution in [2.75, 3.05) is 0 Å². The predicted molar refractivity (Wildman–Crippen MR) is 70.1 cm³/mol. The molecule has 0 bridgehead atoms. The third-order valence-electron chi connectivity index (χ3n) is 2.78. The molecule has 2 heterocycles. The second kappa shape index (κ2) is 4.47. The second-order valence-corrected chi connectivity index (χ2v) is 4.93. The number of imidazole rings is 1. The predicted octanol–water partition coefficient (Wildman–Crippen LogP) is 3.05. The lowest BCUT2D eigenvalue weighted by Gasteiger charge is -1.95. The van der Waals surface area contributed by atoms with Gasteiger partial charge in [-0.25, -0.2) is 14.2 Å². The largest absolute Gasteiger partial charge is 0.478 e. The number of hydrogen-bond donors (Lipinski definition) is 2. The molecule has 3 aromatic rings. The number of hydrogen-bond acceptors (Lipinski definition) is 3. The van der Waals surface area contributed by atoms with Crippen LogP contribution in [0.25, 0.3) is 11.0 Å². The van der Waals surface area contributed by atoms with E-state index in [0.717, 1.165) is 11.6 Å². The van der Waals surface area contributed by atoms with Crippen molar-refractivity contribution in [3.8, 4) is 0 Å². The number of carboxylic acids is 1. The lowest BCUT2D eigenvalue weighted by molar-refractivity contribution is 0.0698. The highest BCUT2D eigenvalue weighted by molar-refractivity contribution is 7.07. The molecule has 0 fully saturated rings. The molecule has 19 heavy (non-hydrogen) atoms. The number of carboxylic acid groups (broad SMARTS) is 1. The van der Waals surface area contributed by atoms with E-state index in [4.69, 9.17) is 5.11 Å². The Morgan fingerprint density at radius 3 is 3.00 bits per heavy atom. The third kappa shape index (κ3) is 2.22. The number of aromatic amines is 1. The minimum Gasteiger partial charge on any atom is -0.478 e. The summed E-state index contributed by atoms with van der Waals surface area (Å²) in [6, 6.07) is 4.21. The summed E-state index contributed by atoms with van der Waals surface area (Å²) in [4.78, 5) is 18.3. The van der Waals surface area contributed by atoms with Crippen molar-refractivity contribution in [2.24, 2.45) is 0 Å². The normalized spacial score (nSPS) is 11.0. The molecule has 1 aromatic carbocycles. The summed E-state index contributed by atoms with van der Waals surface area (Å²) < 4.78 is 13.3.